The molecule has 1 unspecified atom stereocenters. The van der Waals surface area contributed by atoms with E-state index in [1.165, 1.54) is 135 Å². The normalized spacial score (nSPS) is 12.1. The van der Waals surface area contributed by atoms with Crippen molar-refractivity contribution >= 4 is 94.8 Å². The summed E-state index contributed by atoms with van der Waals surface area (Å²) in [4.78, 5) is 49.9. The lowest BCUT2D eigenvalue weighted by Gasteiger charge is -2.17. The number of unbranched alkanes of at least 4 members (excludes halogenated alkanes) is 22. The van der Waals surface area contributed by atoms with E-state index in [4.69, 9.17) is 14.2 Å². The summed E-state index contributed by atoms with van der Waals surface area (Å²) in [5, 5.41) is 1.97. The number of fused-ring (bicyclic) bond motifs is 3. The molecule has 0 bridgehead atoms. The summed E-state index contributed by atoms with van der Waals surface area (Å²) >= 11 is 8.26. The molecule has 5 heterocycles. The molecule has 74 heavy (non-hydrogen) atoms. The minimum absolute atomic E-state index is 0.233. The number of benzene rings is 1. The number of hydrogen-bond acceptors (Lipinski definition) is 11. The van der Waals surface area contributed by atoms with Crippen LogP contribution in [-0.2, 0) is 14.2 Å². The van der Waals surface area contributed by atoms with Gasteiger partial charge in [0.05, 0.1) is 55.7 Å². The number of thiophene rings is 5. The SMILES string of the molecule is CCCCCCCCCCC(CCCCCCCC)COC(=O)c1cc2cc(-c3cc(C(=O)OCCCCCCCC)c(-c4ccc(-c5sc(C)cc5C(=O)OCCCCCCCC)s4)s3)sc2c2sc(C)cc12. The molecule has 0 amide bonds. The number of aryl methyl sites for hydroxylation is 2. The molecule has 0 aliphatic carbocycles. The summed E-state index contributed by atoms with van der Waals surface area (Å²) in [6, 6.07) is 14.5. The quantitative estimate of drug-likeness (QED) is 0.0218. The van der Waals surface area contributed by atoms with Crippen molar-refractivity contribution in [1.29, 1.82) is 0 Å². The zero-order valence-electron chi connectivity index (χ0n) is 46.0. The predicted molar refractivity (Wildman–Crippen MR) is 323 cm³/mol. The molecule has 1 atom stereocenters. The van der Waals surface area contributed by atoms with Gasteiger partial charge in [0.25, 0.3) is 0 Å². The van der Waals surface area contributed by atoms with Crippen molar-refractivity contribution in [2.45, 2.75) is 221 Å². The second-order valence-corrected chi connectivity index (χ2v) is 26.5. The van der Waals surface area contributed by atoms with Gasteiger partial charge in [-0.2, -0.15) is 0 Å². The molecule has 6 aromatic rings. The highest BCUT2D eigenvalue weighted by molar-refractivity contribution is 7.32. The fraction of sp³-hybridized carbons (Fsp3) is 0.603. The lowest BCUT2D eigenvalue weighted by Crippen LogP contribution is -2.15. The highest BCUT2D eigenvalue weighted by Gasteiger charge is 2.26. The van der Waals surface area contributed by atoms with E-state index in [9.17, 15) is 14.4 Å². The maximum atomic E-state index is 14.3. The molecule has 11 heteroatoms. The van der Waals surface area contributed by atoms with E-state index in [0.29, 0.717) is 42.4 Å². The van der Waals surface area contributed by atoms with Crippen LogP contribution >= 0.6 is 56.7 Å². The summed E-state index contributed by atoms with van der Waals surface area (Å²) < 4.78 is 20.4. The molecule has 0 spiro atoms. The molecule has 0 saturated heterocycles. The van der Waals surface area contributed by atoms with E-state index in [2.05, 4.69) is 58.9 Å². The Labute approximate surface area is 465 Å². The molecular weight excluding hydrogens is 1010 g/mol. The van der Waals surface area contributed by atoms with Gasteiger partial charge >= 0.3 is 17.9 Å². The second-order valence-electron chi connectivity index (χ2n) is 20.8. The van der Waals surface area contributed by atoms with Gasteiger partial charge < -0.3 is 14.2 Å². The van der Waals surface area contributed by atoms with Crippen LogP contribution in [0, 0.1) is 19.8 Å². The van der Waals surface area contributed by atoms with Gasteiger partial charge in [0.1, 0.15) is 0 Å². The minimum Gasteiger partial charge on any atom is -0.462 e. The summed E-state index contributed by atoms with van der Waals surface area (Å²) in [6.45, 7) is 14.4. The van der Waals surface area contributed by atoms with Crippen LogP contribution in [0.4, 0.5) is 0 Å². The Morgan fingerprint density at radius 3 is 1.39 bits per heavy atom. The van der Waals surface area contributed by atoms with E-state index >= 15 is 0 Å². The topological polar surface area (TPSA) is 78.9 Å². The van der Waals surface area contributed by atoms with Crippen molar-refractivity contribution in [3.8, 4) is 29.3 Å². The molecule has 0 aliphatic heterocycles. The van der Waals surface area contributed by atoms with Crippen LogP contribution in [0.2, 0.25) is 0 Å². The van der Waals surface area contributed by atoms with Crippen LogP contribution in [0.5, 0.6) is 0 Å². The van der Waals surface area contributed by atoms with Crippen LogP contribution in [0.25, 0.3) is 49.4 Å². The molecule has 0 saturated carbocycles. The summed E-state index contributed by atoms with van der Waals surface area (Å²) in [7, 11) is 0. The molecule has 0 fully saturated rings. The molecule has 5 aromatic heterocycles. The molecule has 0 radical (unpaired) electrons. The first-order chi connectivity index (χ1) is 36.1. The number of hydrogen-bond donors (Lipinski definition) is 0. The highest BCUT2D eigenvalue weighted by Crippen LogP contribution is 2.49. The summed E-state index contributed by atoms with van der Waals surface area (Å²) in [5.74, 6) is -0.434. The first-order valence-corrected chi connectivity index (χ1v) is 33.1. The number of esters is 3. The Balaban J connectivity index is 1.23. The third kappa shape index (κ3) is 18.4. The van der Waals surface area contributed by atoms with Crippen molar-refractivity contribution in [1.82, 2.24) is 0 Å². The van der Waals surface area contributed by atoms with Gasteiger partial charge in [-0.15, -0.1) is 56.7 Å². The number of ether oxygens (including phenoxy) is 3. The zero-order valence-corrected chi connectivity index (χ0v) is 50.1. The molecule has 0 aliphatic rings. The third-order valence-electron chi connectivity index (χ3n) is 14.3. The maximum Gasteiger partial charge on any atom is 0.339 e. The number of rotatable bonds is 38. The van der Waals surface area contributed by atoms with Crippen LogP contribution in [-0.4, -0.2) is 37.7 Å². The Bertz CT molecular complexity index is 2600. The highest BCUT2D eigenvalue weighted by atomic mass is 32.1. The maximum absolute atomic E-state index is 14.3. The van der Waals surface area contributed by atoms with E-state index < -0.39 is 0 Å². The number of carbonyl (C=O) groups is 3. The molecular formula is C63H88O6S5. The van der Waals surface area contributed by atoms with Gasteiger partial charge in [-0.1, -0.05) is 182 Å². The zero-order chi connectivity index (χ0) is 52.5. The monoisotopic (exact) mass is 1100 g/mol. The van der Waals surface area contributed by atoms with E-state index in [-0.39, 0.29) is 17.9 Å². The van der Waals surface area contributed by atoms with Gasteiger partial charge in [-0.3, -0.25) is 0 Å². The van der Waals surface area contributed by atoms with E-state index in [1.54, 1.807) is 56.7 Å². The van der Waals surface area contributed by atoms with Crippen LogP contribution in [0.15, 0.2) is 42.5 Å². The van der Waals surface area contributed by atoms with Crippen molar-refractivity contribution in [2.75, 3.05) is 19.8 Å². The predicted octanol–water partition coefficient (Wildman–Crippen LogP) is 22.0. The van der Waals surface area contributed by atoms with Gasteiger partial charge in [-0.05, 0) is 93.3 Å². The summed E-state index contributed by atoms with van der Waals surface area (Å²) in [6.07, 6.45) is 33.7. The largest absolute Gasteiger partial charge is 0.462 e. The fourth-order valence-corrected chi connectivity index (χ4v) is 15.8. The third-order valence-corrected chi connectivity index (χ3v) is 20.5. The smallest absolute Gasteiger partial charge is 0.339 e. The average molecular weight is 1100 g/mol. The van der Waals surface area contributed by atoms with Gasteiger partial charge in [0, 0.05) is 34.6 Å². The standard InChI is InChI=1S/C63H88O6S5/c1-7-11-15-19-23-24-26-30-34-47(33-29-25-20-16-12-8-2)44-69-61(64)50-41-48-42-55(73-57(48)60-49(50)39-45(5)71-60)56-43-52(63(66)68-38-32-28-22-18-14-10-4)59(74-56)54-36-35-53(72-54)58-51(40-46(6)70-58)62(65)67-37-31-27-21-17-13-9-3/h35-36,39-43,47H,7-34,37-38,44H2,1-6H3. The molecule has 1 aromatic carbocycles. The van der Waals surface area contributed by atoms with Crippen LogP contribution in [0.3, 0.4) is 0 Å². The van der Waals surface area contributed by atoms with Crippen molar-refractivity contribution in [2.24, 2.45) is 5.92 Å². The Hall–Kier alpha value is -3.35. The lowest BCUT2D eigenvalue weighted by molar-refractivity contribution is 0.0422. The van der Waals surface area contributed by atoms with Gasteiger partial charge in [0.2, 0.25) is 0 Å². The first-order valence-electron chi connectivity index (χ1n) is 29.0. The lowest BCUT2D eigenvalue weighted by atomic mass is 9.94. The van der Waals surface area contributed by atoms with Gasteiger partial charge in [-0.25, -0.2) is 14.4 Å². The first kappa shape index (κ1) is 59.9. The van der Waals surface area contributed by atoms with E-state index in [1.807, 2.05) is 25.1 Å². The van der Waals surface area contributed by atoms with Crippen molar-refractivity contribution in [3.63, 3.8) is 0 Å². The Morgan fingerprint density at radius 2 is 0.851 bits per heavy atom. The van der Waals surface area contributed by atoms with Crippen molar-refractivity contribution in [3.05, 3.63) is 68.9 Å². The van der Waals surface area contributed by atoms with Gasteiger partial charge in [0.15, 0.2) is 0 Å². The fourth-order valence-electron chi connectivity index (χ4n) is 9.99. The second kappa shape index (κ2) is 33.1. The minimum atomic E-state index is -0.309. The summed E-state index contributed by atoms with van der Waals surface area (Å²) in [5.41, 5.74) is 1.80. The molecule has 406 valence electrons. The molecule has 0 N–H and O–H groups in total. The Kier molecular flexibility index (Phi) is 26.8. The molecule has 6 nitrogen and oxygen atoms in total. The number of carbonyl (C=O) groups excluding carboxylic acids is 3. The van der Waals surface area contributed by atoms with Crippen LogP contribution in [0.1, 0.15) is 248 Å². The van der Waals surface area contributed by atoms with E-state index in [0.717, 1.165) is 104 Å². The average Bonchev–Trinajstić information content (AvgIpc) is 4.26. The Morgan fingerprint density at radius 1 is 0.405 bits per heavy atom. The molecule has 6 rings (SSSR count). The van der Waals surface area contributed by atoms with Crippen LogP contribution < -0.4 is 0 Å². The van der Waals surface area contributed by atoms with Crippen molar-refractivity contribution < 1.29 is 28.6 Å².